The normalized spacial score (nSPS) is 13.6. The van der Waals surface area contributed by atoms with Crippen LogP contribution >= 0.6 is 0 Å². The van der Waals surface area contributed by atoms with Crippen LogP contribution in [0.25, 0.3) is 11.4 Å². The number of hydrogen-bond acceptors (Lipinski definition) is 10. The molecule has 0 aliphatic heterocycles. The third-order valence-electron chi connectivity index (χ3n) is 7.64. The van der Waals surface area contributed by atoms with E-state index in [2.05, 4.69) is 30.8 Å². The fourth-order valence-corrected chi connectivity index (χ4v) is 4.53. The molecule has 0 saturated carbocycles. The van der Waals surface area contributed by atoms with Gasteiger partial charge in [0.1, 0.15) is 58.9 Å². The molecule has 18 heteroatoms. The van der Waals surface area contributed by atoms with Crippen molar-refractivity contribution in [3.05, 3.63) is 71.1 Å². The summed E-state index contributed by atoms with van der Waals surface area (Å²) >= 11 is 0. The van der Waals surface area contributed by atoms with E-state index in [0.29, 0.717) is 0 Å². The number of alkyl carbamates (subject to hydrolysis) is 2. The van der Waals surface area contributed by atoms with E-state index in [4.69, 9.17) is 24.7 Å². The van der Waals surface area contributed by atoms with Gasteiger partial charge in [-0.05, 0) is 106 Å². The number of carbonyl (C=O) groups excluding carboxylic acids is 3. The molecule has 1 heterocycles. The number of ether oxygens (including phenoxy) is 4. The molecule has 0 unspecified atom stereocenters. The van der Waals surface area contributed by atoms with Gasteiger partial charge in [0.15, 0.2) is 17.4 Å². The van der Waals surface area contributed by atoms with Gasteiger partial charge in [-0.1, -0.05) is 0 Å². The summed E-state index contributed by atoms with van der Waals surface area (Å²) in [5, 5.41) is 11.8. The van der Waals surface area contributed by atoms with Crippen LogP contribution in [-0.2, 0) is 23.7 Å². The molecule has 0 spiro atoms. The van der Waals surface area contributed by atoms with Crippen molar-refractivity contribution in [2.75, 3.05) is 20.8 Å². The van der Waals surface area contributed by atoms with Gasteiger partial charge in [-0.2, -0.15) is 5.10 Å². The Morgan fingerprint density at radius 2 is 1.29 bits per heavy atom. The van der Waals surface area contributed by atoms with Crippen LogP contribution in [0.15, 0.2) is 41.4 Å². The Labute approximate surface area is 317 Å². The van der Waals surface area contributed by atoms with E-state index in [0.717, 1.165) is 36.4 Å². The van der Waals surface area contributed by atoms with Gasteiger partial charge in [0.2, 0.25) is 0 Å². The van der Waals surface area contributed by atoms with Crippen molar-refractivity contribution >= 4 is 23.8 Å². The van der Waals surface area contributed by atoms with Gasteiger partial charge in [0.05, 0.1) is 22.3 Å². The maximum Gasteiger partial charge on any atom is 0.408 e. The van der Waals surface area contributed by atoms with Crippen molar-refractivity contribution in [1.82, 2.24) is 25.8 Å². The fraction of sp³-hybridized carbons (Fsp3) is 0.514. The lowest BCUT2D eigenvalue weighted by Gasteiger charge is -2.33. The van der Waals surface area contributed by atoms with Crippen molar-refractivity contribution in [3.8, 4) is 11.4 Å². The number of ketones is 1. The number of hydrogen-bond donors (Lipinski definition) is 4. The second kappa shape index (κ2) is 18.5. The van der Waals surface area contributed by atoms with Crippen LogP contribution in [0.5, 0.6) is 0 Å². The zero-order chi connectivity index (χ0) is 42.1. The number of halogens is 4. The average Bonchev–Trinajstić information content (AvgIpc) is 3.55. The Balaban J connectivity index is 0.000000380. The SMILES string of the molecule is COC(C)(C)[C@@H](NC(=O)OC(C)(C)C)C(=O)CN=C(N)c1cc(F)ccc1F.COC(C)(C)[C@@H](NC(=O)OC(C)(C)C)c1nc(-c2cc(F)ccc2F)n[nH]1. The number of methoxy groups -OCH3 is 2. The minimum Gasteiger partial charge on any atom is -0.444 e. The summed E-state index contributed by atoms with van der Waals surface area (Å²) < 4.78 is 75.7. The third kappa shape index (κ3) is 14.2. The molecule has 0 aliphatic carbocycles. The Morgan fingerprint density at radius 1 is 0.782 bits per heavy atom. The molecule has 14 nitrogen and oxygen atoms in total. The zero-order valence-corrected chi connectivity index (χ0v) is 33.1. The van der Waals surface area contributed by atoms with Crippen LogP contribution in [0.4, 0.5) is 27.2 Å². The molecular weight excluding hydrogens is 730 g/mol. The highest BCUT2D eigenvalue weighted by molar-refractivity contribution is 6.00. The number of Topliss-reactive ketones (excluding diaryl/α,β-unsaturated/α-hetero) is 1. The summed E-state index contributed by atoms with van der Waals surface area (Å²) in [6.45, 7) is 16.5. The van der Waals surface area contributed by atoms with Gasteiger partial charge in [-0.15, -0.1) is 0 Å². The molecule has 2 amide bonds. The Kier molecular flexibility index (Phi) is 15.5. The highest BCUT2D eigenvalue weighted by Crippen LogP contribution is 2.29. The number of aromatic nitrogens is 3. The molecule has 2 atom stereocenters. The number of nitrogens with zero attached hydrogens (tertiary/aromatic N) is 3. The Hall–Kier alpha value is -5.10. The fourth-order valence-electron chi connectivity index (χ4n) is 4.53. The number of benzene rings is 2. The van der Waals surface area contributed by atoms with E-state index >= 15 is 0 Å². The van der Waals surface area contributed by atoms with E-state index < -0.39 is 82.3 Å². The number of amides is 2. The van der Waals surface area contributed by atoms with E-state index in [9.17, 15) is 31.9 Å². The molecule has 0 bridgehead atoms. The van der Waals surface area contributed by atoms with E-state index in [1.54, 1.807) is 69.2 Å². The summed E-state index contributed by atoms with van der Waals surface area (Å²) in [5.41, 5.74) is 1.91. The number of aliphatic imine (C=N–C) groups is 1. The first kappa shape index (κ1) is 46.1. The van der Waals surface area contributed by atoms with Crippen molar-refractivity contribution in [1.29, 1.82) is 0 Å². The van der Waals surface area contributed by atoms with Crippen LogP contribution in [0.1, 0.15) is 86.7 Å². The number of H-pyrrole nitrogens is 1. The van der Waals surface area contributed by atoms with E-state index in [-0.39, 0.29) is 28.6 Å². The molecule has 3 rings (SSSR count). The number of nitrogens with two attached hydrogens (primary N) is 1. The van der Waals surface area contributed by atoms with Crippen molar-refractivity contribution in [2.45, 2.75) is 104 Å². The monoisotopic (exact) mass is 781 g/mol. The minimum absolute atomic E-state index is 0.0371. The largest absolute Gasteiger partial charge is 0.444 e. The predicted octanol–water partition coefficient (Wildman–Crippen LogP) is 6.30. The molecule has 55 heavy (non-hydrogen) atoms. The topological polar surface area (TPSA) is 192 Å². The molecule has 0 radical (unpaired) electrons. The van der Waals surface area contributed by atoms with Crippen LogP contribution in [-0.4, -0.2) is 88.2 Å². The van der Waals surface area contributed by atoms with Crippen LogP contribution < -0.4 is 16.4 Å². The zero-order valence-electron chi connectivity index (χ0n) is 33.1. The molecule has 5 N–H and O–H groups in total. The molecule has 1 aromatic heterocycles. The number of aromatic amines is 1. The first-order valence-electron chi connectivity index (χ1n) is 16.9. The maximum absolute atomic E-state index is 14.0. The van der Waals surface area contributed by atoms with Gasteiger partial charge >= 0.3 is 12.2 Å². The second-order valence-electron chi connectivity index (χ2n) is 15.2. The Bertz CT molecular complexity index is 1840. The summed E-state index contributed by atoms with van der Waals surface area (Å²) in [5.74, 6) is -3.44. The molecule has 0 aliphatic rings. The second-order valence-corrected chi connectivity index (χ2v) is 15.2. The minimum atomic E-state index is -1.11. The average molecular weight is 782 g/mol. The van der Waals surface area contributed by atoms with Crippen molar-refractivity contribution in [3.63, 3.8) is 0 Å². The number of amidine groups is 1. The lowest BCUT2D eigenvalue weighted by Crippen LogP contribution is -2.56. The number of carbonyl (C=O) groups is 3. The van der Waals surface area contributed by atoms with Gasteiger partial charge in [0, 0.05) is 14.2 Å². The van der Waals surface area contributed by atoms with Gasteiger partial charge in [-0.25, -0.2) is 32.1 Å². The lowest BCUT2D eigenvalue weighted by atomic mass is 9.94. The van der Waals surface area contributed by atoms with Gasteiger partial charge in [0.25, 0.3) is 0 Å². The molecular formula is C37H51F4N7O7. The van der Waals surface area contributed by atoms with Crippen LogP contribution in [0.3, 0.4) is 0 Å². The van der Waals surface area contributed by atoms with Crippen molar-refractivity contribution in [2.24, 2.45) is 10.7 Å². The first-order chi connectivity index (χ1) is 25.2. The summed E-state index contributed by atoms with van der Waals surface area (Å²) in [4.78, 5) is 45.0. The number of nitrogens with one attached hydrogen (secondary N) is 3. The smallest absolute Gasteiger partial charge is 0.408 e. The van der Waals surface area contributed by atoms with Crippen molar-refractivity contribution < 1.29 is 50.9 Å². The molecule has 304 valence electrons. The lowest BCUT2D eigenvalue weighted by molar-refractivity contribution is -0.126. The molecule has 0 saturated heterocycles. The highest BCUT2D eigenvalue weighted by atomic mass is 19.1. The van der Waals surface area contributed by atoms with Crippen LogP contribution in [0.2, 0.25) is 0 Å². The summed E-state index contributed by atoms with van der Waals surface area (Å²) in [6.07, 6.45) is -1.48. The summed E-state index contributed by atoms with van der Waals surface area (Å²) in [7, 11) is 2.87. The number of rotatable bonds is 12. The van der Waals surface area contributed by atoms with Crippen LogP contribution in [0, 0.1) is 23.3 Å². The standard InChI is InChI=1S/C19H27F2N3O4.C18H24F2N4O3/c1-18(2,3)28-17(26)24-15(19(4,5)27-6)14(25)10-23-16(22)12-9-11(20)7-8-13(12)21;1-17(2,3)27-16(25)21-13(18(4,5)26-6)15-22-14(23-24-15)11-9-10(19)7-8-12(11)20/h7-9,15H,10H2,1-6H3,(H2,22,23)(H,24,26);7-9,13H,1-6H3,(H,21,25)(H,22,23,24)/t15-;13-/m00/s1. The van der Waals surface area contributed by atoms with E-state index in [1.165, 1.54) is 14.2 Å². The highest BCUT2D eigenvalue weighted by Gasteiger charge is 2.38. The van der Waals surface area contributed by atoms with E-state index in [1.807, 2.05) is 0 Å². The predicted molar refractivity (Wildman–Crippen MR) is 196 cm³/mol. The summed E-state index contributed by atoms with van der Waals surface area (Å²) in [6, 6.07) is 3.85. The Morgan fingerprint density at radius 3 is 1.82 bits per heavy atom. The third-order valence-corrected chi connectivity index (χ3v) is 7.64. The molecule has 2 aromatic carbocycles. The first-order valence-corrected chi connectivity index (χ1v) is 16.9. The quantitative estimate of drug-likeness (QED) is 0.0922. The molecule has 3 aromatic rings. The van der Waals surface area contributed by atoms with Gasteiger partial charge in [-0.3, -0.25) is 14.9 Å². The molecule has 0 fully saturated rings. The maximum atomic E-state index is 14.0. The van der Waals surface area contributed by atoms with Gasteiger partial charge < -0.3 is 35.3 Å².